The Morgan fingerprint density at radius 3 is 2.86 bits per heavy atom. The van der Waals surface area contributed by atoms with E-state index < -0.39 is 6.04 Å². The second kappa shape index (κ2) is 8.31. The van der Waals surface area contributed by atoms with Crippen molar-refractivity contribution in [2.75, 3.05) is 6.54 Å². The number of H-pyrrole nitrogens is 1. The van der Waals surface area contributed by atoms with E-state index in [-0.39, 0.29) is 24.4 Å². The Morgan fingerprint density at radius 2 is 2.03 bits per heavy atom. The van der Waals surface area contributed by atoms with E-state index in [1.807, 2.05) is 31.2 Å². The van der Waals surface area contributed by atoms with Crippen LogP contribution >= 0.6 is 0 Å². The summed E-state index contributed by atoms with van der Waals surface area (Å²) in [4.78, 5) is 31.2. The molecule has 0 spiro atoms. The van der Waals surface area contributed by atoms with E-state index in [0.29, 0.717) is 6.42 Å². The highest BCUT2D eigenvalue weighted by atomic mass is 16.2. The number of piperazine rings is 1. The Balaban J connectivity index is 1.48. The number of fused-ring (bicyclic) bond motifs is 4. The third-order valence-electron chi connectivity index (χ3n) is 6.12. The molecule has 29 heavy (non-hydrogen) atoms. The number of aromatic amines is 1. The number of allylic oxidation sites excluding steroid dienone is 1. The fourth-order valence-corrected chi connectivity index (χ4v) is 4.59. The van der Waals surface area contributed by atoms with Gasteiger partial charge in [-0.25, -0.2) is 5.01 Å². The van der Waals surface area contributed by atoms with Crippen LogP contribution in [0.3, 0.4) is 0 Å². The number of carbonyl (C=O) groups excluding carboxylic acids is 2. The minimum Gasteiger partial charge on any atom is -0.356 e. The topological polar surface area (TPSA) is 68.4 Å². The van der Waals surface area contributed by atoms with Gasteiger partial charge in [-0.1, -0.05) is 50.5 Å². The van der Waals surface area contributed by atoms with Crippen LogP contribution in [0.2, 0.25) is 0 Å². The smallest absolute Gasteiger partial charge is 0.264 e. The van der Waals surface area contributed by atoms with Crippen molar-refractivity contribution in [3.8, 4) is 0 Å². The van der Waals surface area contributed by atoms with Gasteiger partial charge in [0, 0.05) is 29.2 Å². The maximum Gasteiger partial charge on any atom is 0.264 e. The Morgan fingerprint density at radius 1 is 1.21 bits per heavy atom. The monoisotopic (exact) mass is 394 g/mol. The van der Waals surface area contributed by atoms with Gasteiger partial charge >= 0.3 is 0 Å². The van der Waals surface area contributed by atoms with Crippen LogP contribution in [0.4, 0.5) is 0 Å². The quantitative estimate of drug-likeness (QED) is 0.702. The van der Waals surface area contributed by atoms with Crippen LogP contribution in [0.5, 0.6) is 0 Å². The molecule has 4 rings (SSSR count). The highest BCUT2D eigenvalue weighted by Crippen LogP contribution is 2.38. The SMILES string of the molecule is CCCCCC/C=C/NN1CC(=O)N2[C@@H](Cc3c([nH]c4ccccc34)[C@@H]2C)C1=O. The van der Waals surface area contributed by atoms with E-state index in [1.54, 1.807) is 11.1 Å². The Bertz CT molecular complexity index is 932. The van der Waals surface area contributed by atoms with Crippen molar-refractivity contribution < 1.29 is 9.59 Å². The normalized spacial score (nSPS) is 21.7. The number of hydrazine groups is 1. The summed E-state index contributed by atoms with van der Waals surface area (Å²) in [6.45, 7) is 4.27. The minimum atomic E-state index is -0.455. The van der Waals surface area contributed by atoms with Crippen molar-refractivity contribution in [3.63, 3.8) is 0 Å². The number of aromatic nitrogens is 1. The van der Waals surface area contributed by atoms with Crippen molar-refractivity contribution in [2.45, 2.75) is 64.5 Å². The average Bonchev–Trinajstić information content (AvgIpc) is 3.10. The predicted octanol–water partition coefficient (Wildman–Crippen LogP) is 3.81. The molecule has 0 bridgehead atoms. The van der Waals surface area contributed by atoms with Crippen LogP contribution in [0, 0.1) is 0 Å². The van der Waals surface area contributed by atoms with E-state index in [1.165, 1.54) is 24.3 Å². The number of amides is 2. The summed E-state index contributed by atoms with van der Waals surface area (Å²) in [7, 11) is 0. The van der Waals surface area contributed by atoms with E-state index in [9.17, 15) is 9.59 Å². The predicted molar refractivity (Wildman–Crippen MR) is 114 cm³/mol. The lowest BCUT2D eigenvalue weighted by Gasteiger charge is -2.45. The van der Waals surface area contributed by atoms with Crippen LogP contribution in [0.15, 0.2) is 36.5 Å². The van der Waals surface area contributed by atoms with Crippen LogP contribution < -0.4 is 5.43 Å². The third kappa shape index (κ3) is 3.63. The molecule has 2 aromatic rings. The Labute approximate surface area is 171 Å². The molecule has 1 aromatic carbocycles. The maximum absolute atomic E-state index is 13.1. The van der Waals surface area contributed by atoms with Gasteiger partial charge in [-0.2, -0.15) is 0 Å². The van der Waals surface area contributed by atoms with Gasteiger partial charge in [0.15, 0.2) is 0 Å². The number of nitrogens with one attached hydrogen (secondary N) is 2. The zero-order valence-corrected chi connectivity index (χ0v) is 17.3. The third-order valence-corrected chi connectivity index (χ3v) is 6.12. The molecule has 2 aliphatic rings. The zero-order valence-electron chi connectivity index (χ0n) is 17.3. The highest BCUT2D eigenvalue weighted by molar-refractivity contribution is 5.97. The lowest BCUT2D eigenvalue weighted by atomic mass is 9.90. The van der Waals surface area contributed by atoms with Crippen molar-refractivity contribution in [1.82, 2.24) is 20.3 Å². The van der Waals surface area contributed by atoms with Crippen LogP contribution in [-0.2, 0) is 16.0 Å². The molecule has 2 atom stereocenters. The van der Waals surface area contributed by atoms with Gasteiger partial charge in [-0.15, -0.1) is 0 Å². The largest absolute Gasteiger partial charge is 0.356 e. The molecule has 2 N–H and O–H groups in total. The summed E-state index contributed by atoms with van der Waals surface area (Å²) in [6, 6.07) is 7.55. The number of rotatable bonds is 7. The Hall–Kier alpha value is -2.76. The molecule has 1 saturated heterocycles. The number of hydrogen-bond acceptors (Lipinski definition) is 3. The summed E-state index contributed by atoms with van der Waals surface area (Å²) in [6.07, 6.45) is 10.2. The van der Waals surface area contributed by atoms with E-state index >= 15 is 0 Å². The molecule has 2 amide bonds. The summed E-state index contributed by atoms with van der Waals surface area (Å²) >= 11 is 0. The molecule has 0 unspecified atom stereocenters. The molecular weight excluding hydrogens is 364 g/mol. The number of para-hydroxylation sites is 1. The lowest BCUT2D eigenvalue weighted by molar-refractivity contribution is -0.161. The molecule has 2 aliphatic heterocycles. The van der Waals surface area contributed by atoms with Gasteiger partial charge in [0.2, 0.25) is 5.91 Å². The molecule has 0 radical (unpaired) electrons. The zero-order chi connectivity index (χ0) is 20.4. The van der Waals surface area contributed by atoms with E-state index in [0.717, 1.165) is 35.0 Å². The van der Waals surface area contributed by atoms with Crippen molar-refractivity contribution >= 4 is 22.7 Å². The van der Waals surface area contributed by atoms with Crippen molar-refractivity contribution in [2.24, 2.45) is 0 Å². The second-order valence-electron chi connectivity index (χ2n) is 8.06. The number of hydrogen-bond donors (Lipinski definition) is 2. The standard InChI is InChI=1S/C23H30N4O2/c1-3-4-5-6-7-10-13-24-26-15-21(28)27-16(2)22-18(14-20(27)23(26)29)17-11-8-9-12-19(17)25-22/h8-13,16,20,24-25H,3-7,14-15H2,1-2H3/b13-10+/t16-,20-/m0/s1. The first-order chi connectivity index (χ1) is 14.1. The van der Waals surface area contributed by atoms with Crippen molar-refractivity contribution in [3.05, 3.63) is 47.8 Å². The van der Waals surface area contributed by atoms with E-state index in [4.69, 9.17) is 0 Å². The lowest BCUT2D eigenvalue weighted by Crippen LogP contribution is -2.64. The molecule has 1 fully saturated rings. The van der Waals surface area contributed by atoms with Crippen LogP contribution in [0.25, 0.3) is 10.9 Å². The fraction of sp³-hybridized carbons (Fsp3) is 0.478. The average molecular weight is 395 g/mol. The summed E-state index contributed by atoms with van der Waals surface area (Å²) in [5, 5.41) is 2.62. The highest BCUT2D eigenvalue weighted by Gasteiger charge is 2.46. The van der Waals surface area contributed by atoms with Gasteiger partial charge in [0.05, 0.1) is 6.04 Å². The number of benzene rings is 1. The first-order valence-corrected chi connectivity index (χ1v) is 10.7. The summed E-state index contributed by atoms with van der Waals surface area (Å²) in [5.41, 5.74) is 6.31. The molecule has 6 nitrogen and oxygen atoms in total. The second-order valence-corrected chi connectivity index (χ2v) is 8.06. The maximum atomic E-state index is 13.1. The number of carbonyl (C=O) groups is 2. The van der Waals surface area contributed by atoms with Crippen LogP contribution in [-0.4, -0.2) is 39.3 Å². The molecule has 0 aliphatic carbocycles. The minimum absolute atomic E-state index is 0.0183. The molecule has 3 heterocycles. The Kier molecular flexibility index (Phi) is 5.60. The van der Waals surface area contributed by atoms with E-state index in [2.05, 4.69) is 23.4 Å². The fourth-order valence-electron chi connectivity index (χ4n) is 4.59. The first-order valence-electron chi connectivity index (χ1n) is 10.7. The molecule has 154 valence electrons. The molecule has 6 heteroatoms. The molecular formula is C23H30N4O2. The summed E-state index contributed by atoms with van der Waals surface area (Å²) < 4.78 is 0. The van der Waals surface area contributed by atoms with Gasteiger partial charge < -0.3 is 15.3 Å². The summed E-state index contributed by atoms with van der Waals surface area (Å²) in [5.74, 6) is -0.0572. The van der Waals surface area contributed by atoms with Gasteiger partial charge in [0.1, 0.15) is 12.6 Å². The number of nitrogens with zero attached hydrogens (tertiary/aromatic N) is 2. The van der Waals surface area contributed by atoms with Crippen molar-refractivity contribution in [1.29, 1.82) is 0 Å². The number of unbranched alkanes of at least 4 members (excludes halogenated alkanes) is 4. The van der Waals surface area contributed by atoms with Gasteiger partial charge in [0.25, 0.3) is 5.91 Å². The molecule has 1 aromatic heterocycles. The van der Waals surface area contributed by atoms with Crippen LogP contribution in [0.1, 0.15) is 63.3 Å². The van der Waals surface area contributed by atoms with Gasteiger partial charge in [-0.05, 0) is 31.4 Å². The molecule has 0 saturated carbocycles. The van der Waals surface area contributed by atoms with Gasteiger partial charge in [-0.3, -0.25) is 9.59 Å². The first kappa shape index (κ1) is 19.6.